The molecule has 0 bridgehead atoms. The first kappa shape index (κ1) is 25.9. The van der Waals surface area contributed by atoms with E-state index in [1.165, 1.54) is 4.31 Å². The topological polar surface area (TPSA) is 80.6 Å². The molecule has 0 spiro atoms. The summed E-state index contributed by atoms with van der Waals surface area (Å²) in [5, 5.41) is 8.31. The van der Waals surface area contributed by atoms with Gasteiger partial charge < -0.3 is 4.74 Å². The van der Waals surface area contributed by atoms with Crippen molar-refractivity contribution in [2.24, 2.45) is 0 Å². The van der Waals surface area contributed by atoms with Crippen molar-refractivity contribution in [2.45, 2.75) is 51.6 Å². The van der Waals surface area contributed by atoms with Crippen LogP contribution in [0.1, 0.15) is 44.9 Å². The lowest BCUT2D eigenvalue weighted by atomic mass is 10.2. The summed E-state index contributed by atoms with van der Waals surface area (Å²) in [5.74, 6) is 0.812. The number of unbranched alkanes of at least 4 members (excludes halogenated alkanes) is 1. The summed E-state index contributed by atoms with van der Waals surface area (Å²) in [6, 6.07) is 14.7. The van der Waals surface area contributed by atoms with Crippen LogP contribution in [0.25, 0.3) is 5.69 Å². The van der Waals surface area contributed by atoms with E-state index in [-0.39, 0.29) is 11.4 Å². The van der Waals surface area contributed by atoms with E-state index in [0.29, 0.717) is 12.3 Å². The van der Waals surface area contributed by atoms with Crippen molar-refractivity contribution in [1.29, 1.82) is 0 Å². The lowest BCUT2D eigenvalue weighted by Crippen LogP contribution is -2.27. The van der Waals surface area contributed by atoms with Gasteiger partial charge in [-0.1, -0.05) is 44.5 Å². The zero-order valence-corrected chi connectivity index (χ0v) is 21.3. The smallest absolute Gasteiger partial charge is 0.243 e. The molecule has 34 heavy (non-hydrogen) atoms. The number of hydrogen-bond donors (Lipinski definition) is 0. The first-order chi connectivity index (χ1) is 16.4. The molecule has 3 rings (SSSR count). The van der Waals surface area contributed by atoms with E-state index in [9.17, 15) is 8.42 Å². The molecule has 2 aromatic carbocycles. The molecule has 0 atom stereocenters. The van der Waals surface area contributed by atoms with Gasteiger partial charge in [0.1, 0.15) is 5.75 Å². The standard InChI is InChI=1S/C25H35N5O3S/c1-5-8-17-33-24-13-11-23(12-14-24)30-20-22(26-27-30)19-28(4)34(31,32)25-15-9-21(10-16-25)18-29(6-2)7-3/h9-16,20H,5-8,17-19H2,1-4H3. The van der Waals surface area contributed by atoms with Crippen molar-refractivity contribution in [3.63, 3.8) is 0 Å². The highest BCUT2D eigenvalue weighted by Crippen LogP contribution is 2.19. The van der Waals surface area contributed by atoms with Gasteiger partial charge in [-0.3, -0.25) is 4.90 Å². The molecule has 9 heteroatoms. The SMILES string of the molecule is CCCCOc1ccc(-n2cc(CN(C)S(=O)(=O)c3ccc(CN(CC)CC)cc3)nn2)cc1. The fourth-order valence-corrected chi connectivity index (χ4v) is 4.63. The Balaban J connectivity index is 1.63. The van der Waals surface area contributed by atoms with Crippen LogP contribution in [0.5, 0.6) is 5.75 Å². The van der Waals surface area contributed by atoms with E-state index in [1.54, 1.807) is 30.1 Å². The van der Waals surface area contributed by atoms with Crippen LogP contribution in [0.3, 0.4) is 0 Å². The molecule has 0 aliphatic heterocycles. The van der Waals surface area contributed by atoms with Gasteiger partial charge >= 0.3 is 0 Å². The second-order valence-electron chi connectivity index (χ2n) is 8.22. The van der Waals surface area contributed by atoms with Gasteiger partial charge in [0.2, 0.25) is 10.0 Å². The Morgan fingerprint density at radius 3 is 2.24 bits per heavy atom. The lowest BCUT2D eigenvalue weighted by Gasteiger charge is -2.19. The zero-order chi connectivity index (χ0) is 24.6. The molecule has 1 aromatic heterocycles. The van der Waals surface area contributed by atoms with Crippen LogP contribution in [0.4, 0.5) is 0 Å². The van der Waals surface area contributed by atoms with Crippen LogP contribution < -0.4 is 4.74 Å². The van der Waals surface area contributed by atoms with E-state index in [0.717, 1.165) is 49.5 Å². The molecule has 0 amide bonds. The van der Waals surface area contributed by atoms with Crippen LogP contribution in [0.2, 0.25) is 0 Å². The predicted octanol–water partition coefficient (Wildman–Crippen LogP) is 4.11. The van der Waals surface area contributed by atoms with Crippen molar-refractivity contribution in [3.8, 4) is 11.4 Å². The summed E-state index contributed by atoms with van der Waals surface area (Å²) < 4.78 is 34.7. The highest BCUT2D eigenvalue weighted by atomic mass is 32.2. The number of rotatable bonds is 13. The Kier molecular flexibility index (Phi) is 9.20. The highest BCUT2D eigenvalue weighted by molar-refractivity contribution is 7.89. The fraction of sp³-hybridized carbons (Fsp3) is 0.440. The summed E-state index contributed by atoms with van der Waals surface area (Å²) in [4.78, 5) is 2.55. The van der Waals surface area contributed by atoms with Gasteiger partial charge in [0.05, 0.1) is 35.6 Å². The van der Waals surface area contributed by atoms with Crippen molar-refractivity contribution in [1.82, 2.24) is 24.2 Å². The van der Waals surface area contributed by atoms with E-state index in [2.05, 4.69) is 36.0 Å². The molecule has 1 heterocycles. The van der Waals surface area contributed by atoms with E-state index < -0.39 is 10.0 Å². The molecule has 184 valence electrons. The predicted molar refractivity (Wildman–Crippen MR) is 133 cm³/mol. The highest BCUT2D eigenvalue weighted by Gasteiger charge is 2.22. The van der Waals surface area contributed by atoms with Gasteiger partial charge in [-0.05, 0) is 61.5 Å². The molecule has 0 unspecified atom stereocenters. The summed E-state index contributed by atoms with van der Waals surface area (Å²) in [7, 11) is -2.08. The minimum absolute atomic E-state index is 0.127. The number of hydrogen-bond acceptors (Lipinski definition) is 6. The largest absolute Gasteiger partial charge is 0.494 e. The molecule has 0 N–H and O–H groups in total. The summed E-state index contributed by atoms with van der Waals surface area (Å²) >= 11 is 0. The van der Waals surface area contributed by atoms with E-state index >= 15 is 0 Å². The minimum Gasteiger partial charge on any atom is -0.494 e. The molecule has 8 nitrogen and oxygen atoms in total. The number of sulfonamides is 1. The third-order valence-electron chi connectivity index (χ3n) is 5.73. The second-order valence-corrected chi connectivity index (χ2v) is 10.3. The summed E-state index contributed by atoms with van der Waals surface area (Å²) in [5.41, 5.74) is 2.48. The molecular formula is C25H35N5O3S. The molecule has 0 aliphatic rings. The van der Waals surface area contributed by atoms with Gasteiger partial charge in [0.25, 0.3) is 0 Å². The monoisotopic (exact) mass is 485 g/mol. The van der Waals surface area contributed by atoms with Crippen molar-refractivity contribution in [2.75, 3.05) is 26.7 Å². The third-order valence-corrected chi connectivity index (χ3v) is 7.54. The summed E-state index contributed by atoms with van der Waals surface area (Å²) in [6.45, 7) is 9.90. The Morgan fingerprint density at radius 2 is 1.62 bits per heavy atom. The maximum Gasteiger partial charge on any atom is 0.243 e. The average molecular weight is 486 g/mol. The van der Waals surface area contributed by atoms with Crippen LogP contribution in [0.15, 0.2) is 59.6 Å². The number of nitrogens with zero attached hydrogens (tertiary/aromatic N) is 5. The number of ether oxygens (including phenoxy) is 1. The molecule has 3 aromatic rings. The number of aromatic nitrogens is 3. The van der Waals surface area contributed by atoms with Crippen LogP contribution in [-0.2, 0) is 23.1 Å². The molecular weight excluding hydrogens is 450 g/mol. The molecule has 0 radical (unpaired) electrons. The van der Waals surface area contributed by atoms with Gasteiger partial charge in [0, 0.05) is 13.6 Å². The molecule has 0 aliphatic carbocycles. The van der Waals surface area contributed by atoms with Crippen LogP contribution in [-0.4, -0.2) is 59.4 Å². The van der Waals surface area contributed by atoms with Gasteiger partial charge in [-0.25, -0.2) is 13.1 Å². The van der Waals surface area contributed by atoms with E-state index in [4.69, 9.17) is 4.74 Å². The van der Waals surface area contributed by atoms with Crippen molar-refractivity contribution in [3.05, 3.63) is 66.0 Å². The Morgan fingerprint density at radius 1 is 0.941 bits per heavy atom. The summed E-state index contributed by atoms with van der Waals surface area (Å²) in [6.07, 6.45) is 3.85. The van der Waals surface area contributed by atoms with Crippen LogP contribution >= 0.6 is 0 Å². The average Bonchev–Trinajstić information content (AvgIpc) is 3.32. The lowest BCUT2D eigenvalue weighted by molar-refractivity contribution is 0.296. The first-order valence-corrected chi connectivity index (χ1v) is 13.2. The quantitative estimate of drug-likeness (QED) is 0.339. The van der Waals surface area contributed by atoms with Gasteiger partial charge in [-0.2, -0.15) is 4.31 Å². The minimum atomic E-state index is -3.64. The second kappa shape index (κ2) is 12.1. The molecule has 0 fully saturated rings. The van der Waals surface area contributed by atoms with Crippen molar-refractivity contribution >= 4 is 10.0 Å². The Bertz CT molecular complexity index is 1120. The molecule has 0 saturated carbocycles. The van der Waals surface area contributed by atoms with Crippen LogP contribution in [0, 0.1) is 0 Å². The van der Waals surface area contributed by atoms with E-state index in [1.807, 2.05) is 36.4 Å². The zero-order valence-electron chi connectivity index (χ0n) is 20.5. The Hall–Kier alpha value is -2.75. The van der Waals surface area contributed by atoms with Gasteiger partial charge in [0.15, 0.2) is 0 Å². The maximum atomic E-state index is 13.1. The Labute approximate surface area is 203 Å². The maximum absolute atomic E-state index is 13.1. The first-order valence-electron chi connectivity index (χ1n) is 11.8. The third kappa shape index (κ3) is 6.65. The van der Waals surface area contributed by atoms with Gasteiger partial charge in [-0.15, -0.1) is 5.10 Å². The molecule has 0 saturated heterocycles. The number of benzene rings is 2. The fourth-order valence-electron chi connectivity index (χ4n) is 3.49. The normalized spacial score (nSPS) is 11.9. The van der Waals surface area contributed by atoms with Crippen molar-refractivity contribution < 1.29 is 13.2 Å².